The van der Waals surface area contributed by atoms with Gasteiger partial charge in [0, 0.05) is 0 Å². The number of ether oxygens (including phenoxy) is 4. The number of aliphatic hydroxyl groups is 2. The number of hydrogen-bond donors (Lipinski definition) is 2. The smallest absolute Gasteiger partial charge is 0.187 e. The van der Waals surface area contributed by atoms with Gasteiger partial charge in [-0.15, -0.1) is 0 Å². The number of hydrogen-bond acceptors (Lipinski definition) is 6. The lowest BCUT2D eigenvalue weighted by atomic mass is 10.1. The standard InChI is InChI=1S/C16H22O6/c1-16(2)21-13-12(11(18)8-17)20-15(14(13)22-16)19-9-10-6-4-3-5-7-10/h3-7,11-15,17-18H,8-9H2,1-2H3/t11-,12-,13+,14+,15?/m1/s1. The lowest BCUT2D eigenvalue weighted by molar-refractivity contribution is -0.247. The molecule has 2 N–H and O–H groups in total. The molecule has 2 aliphatic heterocycles. The van der Waals surface area contributed by atoms with E-state index in [9.17, 15) is 10.2 Å². The second kappa shape index (κ2) is 6.23. The van der Waals surface area contributed by atoms with Gasteiger partial charge in [-0.2, -0.15) is 0 Å². The van der Waals surface area contributed by atoms with Gasteiger partial charge < -0.3 is 29.2 Å². The highest BCUT2D eigenvalue weighted by molar-refractivity contribution is 5.13. The Bertz CT molecular complexity index is 491. The van der Waals surface area contributed by atoms with Crippen LogP contribution >= 0.6 is 0 Å². The first-order valence-corrected chi connectivity index (χ1v) is 7.46. The summed E-state index contributed by atoms with van der Waals surface area (Å²) in [4.78, 5) is 0. The molecule has 5 atom stereocenters. The van der Waals surface area contributed by atoms with E-state index < -0.39 is 43.1 Å². The second-order valence-corrected chi connectivity index (χ2v) is 6.08. The molecule has 1 unspecified atom stereocenters. The molecule has 0 spiro atoms. The maximum absolute atomic E-state index is 9.91. The van der Waals surface area contributed by atoms with Crippen LogP contribution in [0.25, 0.3) is 0 Å². The molecule has 0 aromatic heterocycles. The minimum atomic E-state index is -1.03. The van der Waals surface area contributed by atoms with Crippen LogP contribution in [0.4, 0.5) is 0 Å². The lowest BCUT2D eigenvalue weighted by Gasteiger charge is -2.25. The van der Waals surface area contributed by atoms with Gasteiger partial charge in [-0.3, -0.25) is 0 Å². The van der Waals surface area contributed by atoms with Gasteiger partial charge in [-0.1, -0.05) is 30.3 Å². The molecular formula is C16H22O6. The molecule has 2 heterocycles. The van der Waals surface area contributed by atoms with E-state index >= 15 is 0 Å². The van der Waals surface area contributed by atoms with Gasteiger partial charge in [0.1, 0.15) is 24.4 Å². The minimum absolute atomic E-state index is 0.375. The summed E-state index contributed by atoms with van der Waals surface area (Å²) in [5.74, 6) is -0.763. The van der Waals surface area contributed by atoms with Crippen molar-refractivity contribution in [3.63, 3.8) is 0 Å². The zero-order valence-corrected chi connectivity index (χ0v) is 12.7. The molecule has 22 heavy (non-hydrogen) atoms. The zero-order chi connectivity index (χ0) is 15.7. The summed E-state index contributed by atoms with van der Waals surface area (Å²) in [5, 5.41) is 19.1. The fourth-order valence-corrected chi connectivity index (χ4v) is 2.89. The third-order valence-corrected chi connectivity index (χ3v) is 3.87. The SMILES string of the molecule is CC1(C)O[C@H]2[C@@H]([C@H](O)CO)OC(OCc3ccccc3)[C@H]2O1. The fourth-order valence-electron chi connectivity index (χ4n) is 2.89. The quantitative estimate of drug-likeness (QED) is 0.838. The van der Waals surface area contributed by atoms with Crippen molar-refractivity contribution in [3.8, 4) is 0 Å². The normalized spacial score (nSPS) is 34.5. The summed E-state index contributed by atoms with van der Waals surface area (Å²) in [6, 6.07) is 9.74. The molecule has 2 fully saturated rings. The van der Waals surface area contributed by atoms with E-state index in [0.29, 0.717) is 6.61 Å². The number of fused-ring (bicyclic) bond motifs is 1. The van der Waals surface area contributed by atoms with Crippen molar-refractivity contribution in [3.05, 3.63) is 35.9 Å². The van der Waals surface area contributed by atoms with E-state index in [1.165, 1.54) is 0 Å². The number of rotatable bonds is 5. The Balaban J connectivity index is 1.69. The van der Waals surface area contributed by atoms with Crippen molar-refractivity contribution >= 4 is 0 Å². The predicted molar refractivity (Wildman–Crippen MR) is 76.8 cm³/mol. The van der Waals surface area contributed by atoms with E-state index in [1.54, 1.807) is 0 Å². The average Bonchev–Trinajstić information content (AvgIpc) is 2.99. The van der Waals surface area contributed by atoms with Crippen LogP contribution in [-0.2, 0) is 25.6 Å². The Morgan fingerprint density at radius 2 is 1.86 bits per heavy atom. The van der Waals surface area contributed by atoms with Gasteiger partial charge in [0.05, 0.1) is 13.2 Å². The highest BCUT2D eigenvalue weighted by atomic mass is 16.8. The van der Waals surface area contributed by atoms with Crippen molar-refractivity contribution in [2.75, 3.05) is 6.61 Å². The summed E-state index contributed by atoms with van der Waals surface area (Å²) in [6.45, 7) is 3.59. The van der Waals surface area contributed by atoms with E-state index in [1.807, 2.05) is 44.2 Å². The summed E-state index contributed by atoms with van der Waals surface area (Å²) in [7, 11) is 0. The molecular weight excluding hydrogens is 288 g/mol. The zero-order valence-electron chi connectivity index (χ0n) is 12.7. The minimum Gasteiger partial charge on any atom is -0.394 e. The summed E-state index contributed by atoms with van der Waals surface area (Å²) in [5.41, 5.74) is 1.02. The molecule has 0 bridgehead atoms. The first-order chi connectivity index (χ1) is 10.5. The number of aliphatic hydroxyl groups excluding tert-OH is 2. The number of benzene rings is 1. The van der Waals surface area contributed by atoms with Crippen LogP contribution in [0.3, 0.4) is 0 Å². The molecule has 1 aromatic carbocycles. The summed E-state index contributed by atoms with van der Waals surface area (Å²) < 4.78 is 23.1. The molecule has 0 aliphatic carbocycles. The van der Waals surface area contributed by atoms with Crippen LogP contribution in [0.1, 0.15) is 19.4 Å². The highest BCUT2D eigenvalue weighted by Gasteiger charge is 2.57. The third-order valence-electron chi connectivity index (χ3n) is 3.87. The maximum atomic E-state index is 9.91. The van der Waals surface area contributed by atoms with E-state index in [2.05, 4.69) is 0 Å². The maximum Gasteiger partial charge on any atom is 0.187 e. The molecule has 3 rings (SSSR count). The van der Waals surface area contributed by atoms with E-state index in [4.69, 9.17) is 18.9 Å². The van der Waals surface area contributed by atoms with Gasteiger partial charge in [0.15, 0.2) is 12.1 Å². The van der Waals surface area contributed by atoms with Crippen molar-refractivity contribution in [2.24, 2.45) is 0 Å². The van der Waals surface area contributed by atoms with Gasteiger partial charge in [-0.25, -0.2) is 0 Å². The van der Waals surface area contributed by atoms with Crippen LogP contribution in [0.15, 0.2) is 30.3 Å². The molecule has 0 radical (unpaired) electrons. The van der Waals surface area contributed by atoms with Crippen molar-refractivity contribution in [2.45, 2.75) is 56.9 Å². The van der Waals surface area contributed by atoms with E-state index in [0.717, 1.165) is 5.56 Å². The summed E-state index contributed by atoms with van der Waals surface area (Å²) >= 11 is 0. The van der Waals surface area contributed by atoms with Gasteiger partial charge in [-0.05, 0) is 19.4 Å². The highest BCUT2D eigenvalue weighted by Crippen LogP contribution is 2.40. The lowest BCUT2D eigenvalue weighted by Crippen LogP contribution is -2.40. The van der Waals surface area contributed by atoms with Crippen LogP contribution < -0.4 is 0 Å². The summed E-state index contributed by atoms with van der Waals surface area (Å²) in [6.07, 6.45) is -3.23. The first-order valence-electron chi connectivity index (χ1n) is 7.46. The van der Waals surface area contributed by atoms with Crippen molar-refractivity contribution < 1.29 is 29.2 Å². The van der Waals surface area contributed by atoms with Gasteiger partial charge >= 0.3 is 0 Å². The van der Waals surface area contributed by atoms with Crippen molar-refractivity contribution in [1.29, 1.82) is 0 Å². The molecule has 6 heteroatoms. The molecule has 2 saturated heterocycles. The molecule has 6 nitrogen and oxygen atoms in total. The van der Waals surface area contributed by atoms with Crippen LogP contribution in [0.5, 0.6) is 0 Å². The average molecular weight is 310 g/mol. The molecule has 0 amide bonds. The van der Waals surface area contributed by atoms with Crippen molar-refractivity contribution in [1.82, 2.24) is 0 Å². The van der Waals surface area contributed by atoms with Crippen LogP contribution in [0.2, 0.25) is 0 Å². The molecule has 122 valence electrons. The van der Waals surface area contributed by atoms with Gasteiger partial charge in [0.2, 0.25) is 0 Å². The topological polar surface area (TPSA) is 77.4 Å². The Kier molecular flexibility index (Phi) is 4.49. The van der Waals surface area contributed by atoms with Crippen LogP contribution in [0, 0.1) is 0 Å². The van der Waals surface area contributed by atoms with Crippen LogP contribution in [-0.4, -0.2) is 53.3 Å². The van der Waals surface area contributed by atoms with Gasteiger partial charge in [0.25, 0.3) is 0 Å². The Labute approximate surface area is 129 Å². The first kappa shape index (κ1) is 15.9. The Morgan fingerprint density at radius 1 is 1.18 bits per heavy atom. The predicted octanol–water partition coefficient (Wildman–Crippen LogP) is 0.801. The fraction of sp³-hybridized carbons (Fsp3) is 0.625. The molecule has 2 aliphatic rings. The Morgan fingerprint density at radius 3 is 2.55 bits per heavy atom. The second-order valence-electron chi connectivity index (χ2n) is 6.08. The molecule has 1 aromatic rings. The largest absolute Gasteiger partial charge is 0.394 e. The third kappa shape index (κ3) is 3.17. The molecule has 0 saturated carbocycles. The monoisotopic (exact) mass is 310 g/mol. The Hall–Kier alpha value is -1.02. The van der Waals surface area contributed by atoms with E-state index in [-0.39, 0.29) is 0 Å².